The van der Waals surface area contributed by atoms with Crippen LogP contribution in [0, 0.1) is 0 Å². The molecule has 0 spiro atoms. The molecule has 0 saturated carbocycles. The number of amides is 1. The van der Waals surface area contributed by atoms with E-state index in [1.807, 2.05) is 18.2 Å². The molecule has 1 aliphatic heterocycles. The lowest BCUT2D eigenvalue weighted by Crippen LogP contribution is -2.22. The standard InChI is InChI=1S/C19H25NO2S2/c1-18(2,3)12-8-11(9-13(15(12)21)19(4,5)6)10-14-16(22)20(7)17(23)24-14/h8-10,21H,1-7H3. The van der Waals surface area contributed by atoms with Crippen molar-refractivity contribution in [3.8, 4) is 5.75 Å². The lowest BCUT2D eigenvalue weighted by Gasteiger charge is -2.28. The molecule has 0 bridgehead atoms. The minimum Gasteiger partial charge on any atom is -0.507 e. The number of likely N-dealkylation sites (N-methyl/N-ethyl adjacent to an activating group) is 1. The van der Waals surface area contributed by atoms with E-state index in [1.54, 1.807) is 7.05 Å². The number of rotatable bonds is 1. The zero-order chi connectivity index (χ0) is 18.4. The molecule has 24 heavy (non-hydrogen) atoms. The van der Waals surface area contributed by atoms with Gasteiger partial charge in [0.1, 0.15) is 10.1 Å². The maximum Gasteiger partial charge on any atom is 0.265 e. The monoisotopic (exact) mass is 363 g/mol. The first kappa shape index (κ1) is 19.0. The van der Waals surface area contributed by atoms with Crippen LogP contribution < -0.4 is 0 Å². The number of carbonyl (C=O) groups excluding carboxylic acids is 1. The van der Waals surface area contributed by atoms with E-state index in [1.165, 1.54) is 16.7 Å². The van der Waals surface area contributed by atoms with Crippen molar-refractivity contribution < 1.29 is 9.90 Å². The van der Waals surface area contributed by atoms with Gasteiger partial charge < -0.3 is 5.11 Å². The molecule has 1 N–H and O–H groups in total. The van der Waals surface area contributed by atoms with Crippen LogP contribution in [0.2, 0.25) is 0 Å². The number of aromatic hydroxyl groups is 1. The van der Waals surface area contributed by atoms with Gasteiger partial charge in [-0.05, 0) is 34.6 Å². The number of carbonyl (C=O) groups is 1. The second-order valence-electron chi connectivity index (χ2n) is 8.21. The van der Waals surface area contributed by atoms with Gasteiger partial charge in [0.05, 0.1) is 4.91 Å². The Kier molecular flexibility index (Phi) is 4.90. The summed E-state index contributed by atoms with van der Waals surface area (Å²) in [5.41, 5.74) is 2.28. The van der Waals surface area contributed by atoms with Gasteiger partial charge >= 0.3 is 0 Å². The van der Waals surface area contributed by atoms with Crippen molar-refractivity contribution in [2.45, 2.75) is 52.4 Å². The Morgan fingerprint density at radius 1 is 1.08 bits per heavy atom. The molecule has 1 fully saturated rings. The largest absolute Gasteiger partial charge is 0.507 e. The van der Waals surface area contributed by atoms with Crippen LogP contribution in [0.5, 0.6) is 5.75 Å². The van der Waals surface area contributed by atoms with Gasteiger partial charge in [-0.15, -0.1) is 0 Å². The summed E-state index contributed by atoms with van der Waals surface area (Å²) < 4.78 is 0.567. The summed E-state index contributed by atoms with van der Waals surface area (Å²) in [5.74, 6) is 0.267. The number of hydrogen-bond acceptors (Lipinski definition) is 4. The van der Waals surface area contributed by atoms with Crippen LogP contribution in [0.3, 0.4) is 0 Å². The van der Waals surface area contributed by atoms with Crippen molar-refractivity contribution in [3.63, 3.8) is 0 Å². The fourth-order valence-electron chi connectivity index (χ4n) is 2.58. The maximum atomic E-state index is 12.3. The topological polar surface area (TPSA) is 40.5 Å². The molecule has 0 radical (unpaired) electrons. The number of phenolic OH excluding ortho intramolecular Hbond substituents is 1. The van der Waals surface area contributed by atoms with E-state index >= 15 is 0 Å². The Morgan fingerprint density at radius 3 is 1.88 bits per heavy atom. The summed E-state index contributed by atoms with van der Waals surface area (Å²) in [4.78, 5) is 14.4. The number of benzene rings is 1. The molecule has 1 aromatic rings. The van der Waals surface area contributed by atoms with Crippen LogP contribution in [0.4, 0.5) is 0 Å². The highest BCUT2D eigenvalue weighted by Gasteiger charge is 2.30. The summed E-state index contributed by atoms with van der Waals surface area (Å²) in [6.07, 6.45) is 1.87. The molecule has 0 unspecified atom stereocenters. The number of thioether (sulfide) groups is 1. The Morgan fingerprint density at radius 2 is 1.54 bits per heavy atom. The van der Waals surface area contributed by atoms with Gasteiger partial charge in [0.2, 0.25) is 0 Å². The van der Waals surface area contributed by atoms with Gasteiger partial charge in [-0.25, -0.2) is 0 Å². The van der Waals surface area contributed by atoms with Gasteiger partial charge in [-0.3, -0.25) is 9.69 Å². The molecule has 5 heteroatoms. The Labute approximate surface area is 154 Å². The van der Waals surface area contributed by atoms with Crippen molar-refractivity contribution in [2.75, 3.05) is 7.05 Å². The first-order valence-electron chi connectivity index (χ1n) is 7.92. The van der Waals surface area contributed by atoms with Crippen LogP contribution >= 0.6 is 24.0 Å². The molecule has 2 rings (SSSR count). The predicted molar refractivity (Wildman–Crippen MR) is 106 cm³/mol. The highest BCUT2D eigenvalue weighted by Crippen LogP contribution is 2.41. The zero-order valence-electron chi connectivity index (χ0n) is 15.4. The van der Waals surface area contributed by atoms with Gasteiger partial charge in [-0.1, -0.05) is 65.5 Å². The van der Waals surface area contributed by atoms with E-state index in [0.29, 0.717) is 15.0 Å². The third-order valence-electron chi connectivity index (χ3n) is 4.03. The van der Waals surface area contributed by atoms with E-state index < -0.39 is 0 Å². The molecule has 3 nitrogen and oxygen atoms in total. The molecule has 130 valence electrons. The first-order valence-corrected chi connectivity index (χ1v) is 9.14. The summed E-state index contributed by atoms with van der Waals surface area (Å²) in [7, 11) is 1.69. The van der Waals surface area contributed by atoms with E-state index in [9.17, 15) is 9.90 Å². The molecule has 0 aliphatic carbocycles. The van der Waals surface area contributed by atoms with E-state index in [4.69, 9.17) is 12.2 Å². The fourth-order valence-corrected chi connectivity index (χ4v) is 3.76. The summed E-state index contributed by atoms with van der Waals surface area (Å²) in [6.45, 7) is 12.4. The molecule has 1 aromatic carbocycles. The molecular formula is C19H25NO2S2. The van der Waals surface area contributed by atoms with Crippen molar-refractivity contribution in [1.29, 1.82) is 0 Å². The van der Waals surface area contributed by atoms with E-state index in [2.05, 4.69) is 41.5 Å². The highest BCUT2D eigenvalue weighted by molar-refractivity contribution is 8.26. The Bertz CT molecular complexity index is 702. The number of thiocarbonyl (C=S) groups is 1. The summed E-state index contributed by atoms with van der Waals surface area (Å²) in [6, 6.07) is 3.93. The highest BCUT2D eigenvalue weighted by atomic mass is 32.2. The lowest BCUT2D eigenvalue weighted by molar-refractivity contribution is -0.121. The summed E-state index contributed by atoms with van der Waals surface area (Å²) >= 11 is 6.50. The van der Waals surface area contributed by atoms with Crippen LogP contribution in [-0.4, -0.2) is 27.3 Å². The van der Waals surface area contributed by atoms with Crippen LogP contribution in [0.15, 0.2) is 17.0 Å². The maximum absolute atomic E-state index is 12.3. The molecule has 1 heterocycles. The SMILES string of the molecule is CN1C(=O)C(=Cc2cc(C(C)(C)C)c(O)c(C(C)(C)C)c2)SC1=S. The Balaban J connectivity index is 2.64. The number of nitrogens with zero attached hydrogens (tertiary/aromatic N) is 1. The average Bonchev–Trinajstić information content (AvgIpc) is 2.65. The quantitative estimate of drug-likeness (QED) is 0.574. The first-order chi connectivity index (χ1) is 10.8. The van der Waals surface area contributed by atoms with Crippen molar-refractivity contribution in [2.24, 2.45) is 0 Å². The second-order valence-corrected chi connectivity index (χ2v) is 9.88. The Hall–Kier alpha value is -1.33. The van der Waals surface area contributed by atoms with Gasteiger partial charge in [0.15, 0.2) is 0 Å². The third-order valence-corrected chi connectivity index (χ3v) is 5.52. The molecule has 0 atom stereocenters. The van der Waals surface area contributed by atoms with E-state index in [0.717, 1.165) is 16.7 Å². The number of hydrogen-bond donors (Lipinski definition) is 1. The molecule has 0 aromatic heterocycles. The van der Waals surface area contributed by atoms with Crippen molar-refractivity contribution in [3.05, 3.63) is 33.7 Å². The second kappa shape index (κ2) is 6.19. The minimum atomic E-state index is -0.197. The van der Waals surface area contributed by atoms with Crippen LogP contribution in [0.1, 0.15) is 58.2 Å². The minimum absolute atomic E-state index is 0.0762. The van der Waals surface area contributed by atoms with Crippen LogP contribution in [0.25, 0.3) is 6.08 Å². The van der Waals surface area contributed by atoms with Crippen molar-refractivity contribution in [1.82, 2.24) is 4.90 Å². The average molecular weight is 364 g/mol. The fraction of sp³-hybridized carbons (Fsp3) is 0.474. The van der Waals surface area contributed by atoms with E-state index in [-0.39, 0.29) is 16.7 Å². The molecule has 1 amide bonds. The van der Waals surface area contributed by atoms with Crippen molar-refractivity contribution >= 4 is 40.3 Å². The van der Waals surface area contributed by atoms with Gasteiger partial charge in [-0.2, -0.15) is 0 Å². The van der Waals surface area contributed by atoms with Crippen LogP contribution in [-0.2, 0) is 15.6 Å². The van der Waals surface area contributed by atoms with Gasteiger partial charge in [0.25, 0.3) is 5.91 Å². The lowest BCUT2D eigenvalue weighted by atomic mass is 9.78. The number of phenols is 1. The smallest absolute Gasteiger partial charge is 0.265 e. The normalized spacial score (nSPS) is 18.0. The molecular weight excluding hydrogens is 338 g/mol. The third kappa shape index (κ3) is 3.67. The molecule has 1 saturated heterocycles. The van der Waals surface area contributed by atoms with Gasteiger partial charge in [0, 0.05) is 18.2 Å². The molecule has 1 aliphatic rings. The zero-order valence-corrected chi connectivity index (χ0v) is 17.0. The predicted octanol–water partition coefficient (Wildman–Crippen LogP) is 4.82. The summed E-state index contributed by atoms with van der Waals surface area (Å²) in [5, 5.41) is 10.8.